The highest BCUT2D eigenvalue weighted by Gasteiger charge is 2.22. The van der Waals surface area contributed by atoms with Crippen LogP contribution in [-0.2, 0) is 11.8 Å². The van der Waals surface area contributed by atoms with Crippen LogP contribution in [0.2, 0.25) is 0 Å². The molecule has 0 radical (unpaired) electrons. The van der Waals surface area contributed by atoms with Crippen LogP contribution in [-0.4, -0.2) is 52.3 Å². The van der Waals surface area contributed by atoms with Crippen molar-refractivity contribution in [3.63, 3.8) is 0 Å². The number of aromatic nitrogens is 2. The standard InChI is InChI=1S/C25H23FN4O2S2/c1-28-24(32)20-15-21(17-5-3-2-4-6-17)34-23(20)27-25(28)33-16-22(31)30-13-11-29(12-14-30)19-9-7-18(26)8-10-19/h2-10,15H,11-14,16H2,1H3. The number of carbonyl (C=O) groups excluding carboxylic acids is 1. The number of rotatable bonds is 5. The molecule has 4 aromatic rings. The summed E-state index contributed by atoms with van der Waals surface area (Å²) in [6.45, 7) is 2.60. The van der Waals surface area contributed by atoms with Crippen LogP contribution in [0.1, 0.15) is 0 Å². The first-order chi connectivity index (χ1) is 16.5. The maximum absolute atomic E-state index is 13.2. The Labute approximate surface area is 204 Å². The van der Waals surface area contributed by atoms with Gasteiger partial charge in [0.2, 0.25) is 5.91 Å². The van der Waals surface area contributed by atoms with Gasteiger partial charge >= 0.3 is 0 Å². The summed E-state index contributed by atoms with van der Waals surface area (Å²) in [5, 5.41) is 1.14. The van der Waals surface area contributed by atoms with Gasteiger partial charge in [-0.1, -0.05) is 42.1 Å². The first-order valence-corrected chi connectivity index (χ1v) is 12.8. The van der Waals surface area contributed by atoms with Crippen LogP contribution in [0.25, 0.3) is 20.7 Å². The molecule has 0 N–H and O–H groups in total. The minimum absolute atomic E-state index is 0.0225. The summed E-state index contributed by atoms with van der Waals surface area (Å²) in [4.78, 5) is 36.1. The van der Waals surface area contributed by atoms with Crippen molar-refractivity contribution in [3.8, 4) is 10.4 Å². The molecule has 34 heavy (non-hydrogen) atoms. The summed E-state index contributed by atoms with van der Waals surface area (Å²) in [6, 6.07) is 18.3. The fourth-order valence-corrected chi connectivity index (χ4v) is 5.96. The van der Waals surface area contributed by atoms with Gasteiger partial charge in [-0.3, -0.25) is 14.2 Å². The third-order valence-corrected chi connectivity index (χ3v) is 8.03. The molecule has 0 bridgehead atoms. The number of halogens is 1. The number of amides is 1. The van der Waals surface area contributed by atoms with E-state index in [2.05, 4.69) is 4.90 Å². The van der Waals surface area contributed by atoms with Gasteiger partial charge in [-0.15, -0.1) is 11.3 Å². The van der Waals surface area contributed by atoms with E-state index in [1.165, 1.54) is 39.8 Å². The van der Waals surface area contributed by atoms with E-state index < -0.39 is 0 Å². The molecule has 0 spiro atoms. The molecule has 2 aromatic carbocycles. The molecule has 174 valence electrons. The molecule has 1 saturated heterocycles. The number of anilines is 1. The molecule has 6 nitrogen and oxygen atoms in total. The number of thiophene rings is 1. The van der Waals surface area contributed by atoms with Gasteiger partial charge in [0.15, 0.2) is 5.16 Å². The lowest BCUT2D eigenvalue weighted by molar-refractivity contribution is -0.128. The maximum atomic E-state index is 13.2. The topological polar surface area (TPSA) is 58.4 Å². The predicted octanol–water partition coefficient (Wildman–Crippen LogP) is 4.24. The van der Waals surface area contributed by atoms with E-state index in [-0.39, 0.29) is 23.0 Å². The minimum Gasteiger partial charge on any atom is -0.368 e. The van der Waals surface area contributed by atoms with Gasteiger partial charge < -0.3 is 9.80 Å². The molecule has 0 unspecified atom stereocenters. The number of nitrogens with zero attached hydrogens (tertiary/aromatic N) is 4. The molecule has 5 rings (SSSR count). The summed E-state index contributed by atoms with van der Waals surface area (Å²) in [5.74, 6) is -0.0110. The van der Waals surface area contributed by atoms with E-state index in [9.17, 15) is 14.0 Å². The molecule has 0 aliphatic carbocycles. The third-order valence-electron chi connectivity index (χ3n) is 5.94. The van der Waals surface area contributed by atoms with Crippen molar-refractivity contribution in [1.82, 2.24) is 14.5 Å². The Bertz CT molecular complexity index is 1380. The van der Waals surface area contributed by atoms with Crippen LogP contribution in [0.4, 0.5) is 10.1 Å². The molecule has 3 heterocycles. The van der Waals surface area contributed by atoms with E-state index in [4.69, 9.17) is 4.98 Å². The van der Waals surface area contributed by atoms with Gasteiger partial charge in [-0.05, 0) is 35.9 Å². The van der Waals surface area contributed by atoms with Crippen molar-refractivity contribution in [1.29, 1.82) is 0 Å². The Balaban J connectivity index is 1.25. The highest BCUT2D eigenvalue weighted by molar-refractivity contribution is 7.99. The van der Waals surface area contributed by atoms with Crippen molar-refractivity contribution in [2.45, 2.75) is 5.16 Å². The lowest BCUT2D eigenvalue weighted by Crippen LogP contribution is -2.49. The highest BCUT2D eigenvalue weighted by atomic mass is 32.2. The van der Waals surface area contributed by atoms with Crippen molar-refractivity contribution in [2.75, 3.05) is 36.8 Å². The normalized spacial score (nSPS) is 14.1. The quantitative estimate of drug-likeness (QED) is 0.307. The average molecular weight is 495 g/mol. The Morgan fingerprint density at radius 1 is 1.06 bits per heavy atom. The molecular weight excluding hydrogens is 471 g/mol. The first-order valence-electron chi connectivity index (χ1n) is 11.0. The number of benzene rings is 2. The second-order valence-electron chi connectivity index (χ2n) is 8.09. The Kier molecular flexibility index (Phi) is 6.38. The van der Waals surface area contributed by atoms with Gasteiger partial charge in [0.25, 0.3) is 5.56 Å². The summed E-state index contributed by atoms with van der Waals surface area (Å²) in [5.41, 5.74) is 1.91. The lowest BCUT2D eigenvalue weighted by Gasteiger charge is -2.36. The fraction of sp³-hybridized carbons (Fsp3) is 0.240. The number of thioether (sulfide) groups is 1. The zero-order chi connectivity index (χ0) is 23.7. The molecule has 1 amide bonds. The van der Waals surface area contributed by atoms with Crippen molar-refractivity contribution in [2.24, 2.45) is 7.05 Å². The third kappa shape index (κ3) is 4.58. The Hall–Kier alpha value is -3.17. The van der Waals surface area contributed by atoms with Crippen molar-refractivity contribution in [3.05, 3.63) is 76.8 Å². The lowest BCUT2D eigenvalue weighted by atomic mass is 10.2. The van der Waals surface area contributed by atoms with Gasteiger partial charge in [0.1, 0.15) is 10.6 Å². The van der Waals surface area contributed by atoms with Gasteiger partial charge in [-0.2, -0.15) is 0 Å². The molecule has 0 saturated carbocycles. The zero-order valence-electron chi connectivity index (χ0n) is 18.6. The molecule has 9 heteroatoms. The molecule has 2 aromatic heterocycles. The zero-order valence-corrected chi connectivity index (χ0v) is 20.2. The van der Waals surface area contributed by atoms with E-state index in [0.29, 0.717) is 41.6 Å². The van der Waals surface area contributed by atoms with Crippen LogP contribution in [0.5, 0.6) is 0 Å². The van der Waals surface area contributed by atoms with Gasteiger partial charge in [-0.25, -0.2) is 9.37 Å². The van der Waals surface area contributed by atoms with E-state index >= 15 is 0 Å². The number of piperazine rings is 1. The largest absolute Gasteiger partial charge is 0.368 e. The smallest absolute Gasteiger partial charge is 0.262 e. The monoisotopic (exact) mass is 494 g/mol. The second-order valence-corrected chi connectivity index (χ2v) is 10.1. The molecular formula is C25H23FN4O2S2. The SMILES string of the molecule is Cn1c(SCC(=O)N2CCN(c3ccc(F)cc3)CC2)nc2sc(-c3ccccc3)cc2c1=O. The maximum Gasteiger partial charge on any atom is 0.262 e. The highest BCUT2D eigenvalue weighted by Crippen LogP contribution is 2.32. The van der Waals surface area contributed by atoms with Crippen LogP contribution in [0.3, 0.4) is 0 Å². The van der Waals surface area contributed by atoms with Crippen molar-refractivity contribution >= 4 is 44.9 Å². The molecule has 1 aliphatic rings. The van der Waals surface area contributed by atoms with Crippen LogP contribution < -0.4 is 10.5 Å². The van der Waals surface area contributed by atoms with Crippen LogP contribution in [0, 0.1) is 5.82 Å². The first kappa shape index (κ1) is 22.6. The number of carbonyl (C=O) groups is 1. The van der Waals surface area contributed by atoms with Crippen LogP contribution >= 0.6 is 23.1 Å². The fourth-order valence-electron chi connectivity index (χ4n) is 4.00. The molecule has 0 atom stereocenters. The molecule has 1 aliphatic heterocycles. The van der Waals surface area contributed by atoms with Gasteiger partial charge in [0, 0.05) is 43.8 Å². The minimum atomic E-state index is -0.255. The molecule has 1 fully saturated rings. The van der Waals surface area contributed by atoms with Gasteiger partial charge in [0.05, 0.1) is 11.1 Å². The Morgan fingerprint density at radius 3 is 2.47 bits per heavy atom. The van der Waals surface area contributed by atoms with E-state index in [0.717, 1.165) is 16.1 Å². The van der Waals surface area contributed by atoms with E-state index in [1.54, 1.807) is 19.2 Å². The summed E-state index contributed by atoms with van der Waals surface area (Å²) in [7, 11) is 1.70. The predicted molar refractivity (Wildman–Crippen MR) is 136 cm³/mol. The number of hydrogen-bond donors (Lipinski definition) is 0. The van der Waals surface area contributed by atoms with Crippen molar-refractivity contribution < 1.29 is 9.18 Å². The second kappa shape index (κ2) is 9.60. The number of hydrogen-bond acceptors (Lipinski definition) is 6. The summed E-state index contributed by atoms with van der Waals surface area (Å²) >= 11 is 2.78. The summed E-state index contributed by atoms with van der Waals surface area (Å²) in [6.07, 6.45) is 0. The van der Waals surface area contributed by atoms with Crippen LogP contribution in [0.15, 0.2) is 70.6 Å². The average Bonchev–Trinajstić information content (AvgIpc) is 3.31. The Morgan fingerprint density at radius 2 is 1.76 bits per heavy atom. The summed E-state index contributed by atoms with van der Waals surface area (Å²) < 4.78 is 14.7. The number of fused-ring (bicyclic) bond motifs is 1. The van der Waals surface area contributed by atoms with E-state index in [1.807, 2.05) is 41.3 Å².